The SMILES string of the molecule is Cc1nc(N)c(Cl)c(C(C)(C)C)c1Cl. The van der Waals surface area contributed by atoms with Crippen LogP contribution in [0.15, 0.2) is 0 Å². The molecule has 0 spiro atoms. The number of nitrogens with two attached hydrogens (primary N) is 1. The highest BCUT2D eigenvalue weighted by Gasteiger charge is 2.24. The summed E-state index contributed by atoms with van der Waals surface area (Å²) in [6.07, 6.45) is 0. The number of aryl methyl sites for hydroxylation is 1. The van der Waals surface area contributed by atoms with Crippen LogP contribution in [0.1, 0.15) is 32.0 Å². The third kappa shape index (κ3) is 1.96. The zero-order valence-corrected chi connectivity index (χ0v) is 10.3. The van der Waals surface area contributed by atoms with Crippen molar-refractivity contribution in [2.24, 2.45) is 0 Å². The third-order valence-corrected chi connectivity index (χ3v) is 2.86. The van der Waals surface area contributed by atoms with Gasteiger partial charge in [-0.05, 0) is 12.3 Å². The van der Waals surface area contributed by atoms with Crippen LogP contribution in [0.5, 0.6) is 0 Å². The highest BCUT2D eigenvalue weighted by atomic mass is 35.5. The number of rotatable bonds is 0. The van der Waals surface area contributed by atoms with Gasteiger partial charge in [-0.2, -0.15) is 0 Å². The van der Waals surface area contributed by atoms with Crippen molar-refractivity contribution in [2.75, 3.05) is 5.73 Å². The molecule has 1 rings (SSSR count). The van der Waals surface area contributed by atoms with Gasteiger partial charge in [0.2, 0.25) is 0 Å². The molecule has 1 aromatic heterocycles. The normalized spacial score (nSPS) is 11.9. The van der Waals surface area contributed by atoms with Gasteiger partial charge in [0.25, 0.3) is 0 Å². The summed E-state index contributed by atoms with van der Waals surface area (Å²) in [5.74, 6) is 0.346. The van der Waals surface area contributed by atoms with Crippen molar-refractivity contribution in [1.82, 2.24) is 4.98 Å². The van der Waals surface area contributed by atoms with E-state index < -0.39 is 0 Å². The number of hydrogen-bond donors (Lipinski definition) is 1. The van der Waals surface area contributed by atoms with E-state index >= 15 is 0 Å². The molecule has 2 nitrogen and oxygen atoms in total. The van der Waals surface area contributed by atoms with E-state index in [1.165, 1.54) is 0 Å². The molecule has 0 saturated heterocycles. The van der Waals surface area contributed by atoms with Crippen LogP contribution in [0.4, 0.5) is 5.82 Å². The first-order valence-corrected chi connectivity index (χ1v) is 5.12. The summed E-state index contributed by atoms with van der Waals surface area (Å²) in [5, 5.41) is 1.07. The van der Waals surface area contributed by atoms with Crippen LogP contribution in [-0.4, -0.2) is 4.98 Å². The molecule has 1 aromatic rings. The van der Waals surface area contributed by atoms with Crippen LogP contribution in [0.2, 0.25) is 10.0 Å². The minimum atomic E-state index is -0.129. The predicted molar refractivity (Wildman–Crippen MR) is 62.1 cm³/mol. The Morgan fingerprint density at radius 1 is 1.14 bits per heavy atom. The second-order valence-electron chi connectivity index (χ2n) is 4.34. The number of halogens is 2. The topological polar surface area (TPSA) is 38.9 Å². The van der Waals surface area contributed by atoms with Crippen molar-refractivity contribution < 1.29 is 0 Å². The molecule has 0 atom stereocenters. The molecule has 0 aliphatic heterocycles. The van der Waals surface area contributed by atoms with Gasteiger partial charge < -0.3 is 5.73 Å². The van der Waals surface area contributed by atoms with Crippen LogP contribution >= 0.6 is 23.2 Å². The van der Waals surface area contributed by atoms with Crippen LogP contribution in [0, 0.1) is 6.92 Å². The van der Waals surface area contributed by atoms with Crippen LogP contribution in [0.3, 0.4) is 0 Å². The molecular formula is C10H14Cl2N2. The smallest absolute Gasteiger partial charge is 0.142 e. The average molecular weight is 233 g/mol. The summed E-state index contributed by atoms with van der Waals surface area (Å²) >= 11 is 12.2. The Kier molecular flexibility index (Phi) is 2.98. The Labute approximate surface area is 94.4 Å². The van der Waals surface area contributed by atoms with Gasteiger partial charge in [0.05, 0.1) is 15.7 Å². The van der Waals surface area contributed by atoms with Crippen molar-refractivity contribution in [3.8, 4) is 0 Å². The van der Waals surface area contributed by atoms with E-state index in [2.05, 4.69) is 4.98 Å². The number of aromatic nitrogens is 1. The van der Waals surface area contributed by atoms with Crippen molar-refractivity contribution in [1.29, 1.82) is 0 Å². The fourth-order valence-corrected chi connectivity index (χ4v) is 2.23. The van der Waals surface area contributed by atoms with Crippen LogP contribution in [0.25, 0.3) is 0 Å². The summed E-state index contributed by atoms with van der Waals surface area (Å²) in [6.45, 7) is 7.95. The lowest BCUT2D eigenvalue weighted by Crippen LogP contribution is -2.15. The Morgan fingerprint density at radius 2 is 1.64 bits per heavy atom. The second kappa shape index (κ2) is 3.59. The summed E-state index contributed by atoms with van der Waals surface area (Å²) in [4.78, 5) is 4.06. The molecular weight excluding hydrogens is 219 g/mol. The maximum absolute atomic E-state index is 6.15. The van der Waals surface area contributed by atoms with Crippen molar-refractivity contribution in [2.45, 2.75) is 33.1 Å². The van der Waals surface area contributed by atoms with Crippen LogP contribution in [-0.2, 0) is 5.41 Å². The molecule has 1 heterocycles. The summed E-state index contributed by atoms with van der Waals surface area (Å²) < 4.78 is 0. The zero-order valence-electron chi connectivity index (χ0n) is 8.78. The molecule has 0 aliphatic carbocycles. The molecule has 0 saturated carbocycles. The molecule has 0 unspecified atom stereocenters. The number of anilines is 1. The maximum Gasteiger partial charge on any atom is 0.142 e. The van der Waals surface area contributed by atoms with Gasteiger partial charge >= 0.3 is 0 Å². The third-order valence-electron chi connectivity index (χ3n) is 2.02. The van der Waals surface area contributed by atoms with Gasteiger partial charge in [0, 0.05) is 5.56 Å². The average Bonchev–Trinajstić information content (AvgIpc) is 1.98. The minimum absolute atomic E-state index is 0.129. The Balaban J connectivity index is 3.56. The number of nitrogen functional groups attached to an aromatic ring is 1. The van der Waals surface area contributed by atoms with Gasteiger partial charge in [-0.15, -0.1) is 0 Å². The van der Waals surface area contributed by atoms with Crippen LogP contribution < -0.4 is 5.73 Å². The second-order valence-corrected chi connectivity index (χ2v) is 5.09. The molecule has 2 N–H and O–H groups in total. The van der Waals surface area contributed by atoms with E-state index in [1.54, 1.807) is 0 Å². The Morgan fingerprint density at radius 3 is 2.07 bits per heavy atom. The molecule has 0 aromatic carbocycles. The molecule has 0 bridgehead atoms. The zero-order chi connectivity index (χ0) is 11.1. The molecule has 0 fully saturated rings. The van der Waals surface area contributed by atoms with E-state index in [4.69, 9.17) is 28.9 Å². The lowest BCUT2D eigenvalue weighted by atomic mass is 9.87. The number of nitrogens with zero attached hydrogens (tertiary/aromatic N) is 1. The van der Waals surface area contributed by atoms with Crippen molar-refractivity contribution >= 4 is 29.0 Å². The fourth-order valence-electron chi connectivity index (χ4n) is 1.34. The molecule has 78 valence electrons. The number of hydrogen-bond acceptors (Lipinski definition) is 2. The fraction of sp³-hybridized carbons (Fsp3) is 0.500. The Hall–Kier alpha value is -0.470. The molecule has 0 amide bonds. The molecule has 0 aliphatic rings. The molecule has 0 radical (unpaired) electrons. The quantitative estimate of drug-likeness (QED) is 0.743. The predicted octanol–water partition coefficient (Wildman–Crippen LogP) is 3.58. The van der Waals surface area contributed by atoms with Gasteiger partial charge in [0.15, 0.2) is 0 Å². The maximum atomic E-state index is 6.15. The first-order valence-electron chi connectivity index (χ1n) is 4.36. The summed E-state index contributed by atoms with van der Waals surface area (Å²) in [7, 11) is 0. The largest absolute Gasteiger partial charge is 0.382 e. The lowest BCUT2D eigenvalue weighted by Gasteiger charge is -2.23. The van der Waals surface area contributed by atoms with Crippen molar-refractivity contribution in [3.63, 3.8) is 0 Å². The van der Waals surface area contributed by atoms with E-state index in [1.807, 2.05) is 27.7 Å². The molecule has 14 heavy (non-hydrogen) atoms. The van der Waals surface area contributed by atoms with Gasteiger partial charge in [0.1, 0.15) is 5.82 Å². The number of pyridine rings is 1. The van der Waals surface area contributed by atoms with E-state index in [0.29, 0.717) is 15.9 Å². The van der Waals surface area contributed by atoms with Gasteiger partial charge in [-0.25, -0.2) is 4.98 Å². The standard InChI is InChI=1S/C10H14Cl2N2/c1-5-7(11)6(10(2,3)4)8(12)9(13)14-5/h1-4H3,(H2,13,14). The highest BCUT2D eigenvalue weighted by Crippen LogP contribution is 2.38. The summed E-state index contributed by atoms with van der Waals surface area (Å²) in [5.41, 5.74) is 7.14. The minimum Gasteiger partial charge on any atom is -0.382 e. The van der Waals surface area contributed by atoms with E-state index in [0.717, 1.165) is 11.3 Å². The van der Waals surface area contributed by atoms with E-state index in [-0.39, 0.29) is 5.41 Å². The highest BCUT2D eigenvalue weighted by molar-refractivity contribution is 6.37. The summed E-state index contributed by atoms with van der Waals surface area (Å²) in [6, 6.07) is 0. The monoisotopic (exact) mass is 232 g/mol. The van der Waals surface area contributed by atoms with Gasteiger partial charge in [-0.1, -0.05) is 44.0 Å². The first-order chi connectivity index (χ1) is 6.25. The Bertz CT molecular complexity index is 341. The van der Waals surface area contributed by atoms with Crippen molar-refractivity contribution in [3.05, 3.63) is 21.3 Å². The van der Waals surface area contributed by atoms with E-state index in [9.17, 15) is 0 Å². The van der Waals surface area contributed by atoms with Gasteiger partial charge in [-0.3, -0.25) is 0 Å². The molecule has 4 heteroatoms. The first kappa shape index (κ1) is 11.6. The lowest BCUT2D eigenvalue weighted by molar-refractivity contribution is 0.589.